The van der Waals surface area contributed by atoms with Crippen LogP contribution < -0.4 is 5.32 Å². The largest absolute Gasteiger partial charge is 0.342 e. The highest BCUT2D eigenvalue weighted by molar-refractivity contribution is 7.99. The molecule has 0 unspecified atom stereocenters. The summed E-state index contributed by atoms with van der Waals surface area (Å²) in [6, 6.07) is 6.75. The van der Waals surface area contributed by atoms with Gasteiger partial charge in [-0.2, -0.15) is 0 Å². The van der Waals surface area contributed by atoms with E-state index < -0.39 is 0 Å². The number of aryl methyl sites for hydroxylation is 1. The number of hydrogen-bond acceptors (Lipinski definition) is 2. The number of fused-ring (bicyclic) bond motifs is 3. The minimum absolute atomic E-state index is 1.05. The Morgan fingerprint density at radius 3 is 3.31 bits per heavy atom. The van der Waals surface area contributed by atoms with Crippen molar-refractivity contribution in [3.05, 3.63) is 29.5 Å². The predicted molar refractivity (Wildman–Crippen MR) is 68.1 cm³/mol. The van der Waals surface area contributed by atoms with Gasteiger partial charge in [-0.1, -0.05) is 12.1 Å². The molecule has 2 aliphatic rings. The molecule has 2 aromatic rings. The summed E-state index contributed by atoms with van der Waals surface area (Å²) in [6.07, 6.45) is 1.19. The van der Waals surface area contributed by atoms with Crippen LogP contribution in [-0.2, 0) is 19.5 Å². The average molecular weight is 230 g/mol. The summed E-state index contributed by atoms with van der Waals surface area (Å²) in [5.41, 5.74) is 4.62. The van der Waals surface area contributed by atoms with Gasteiger partial charge in [0, 0.05) is 47.8 Å². The van der Waals surface area contributed by atoms with Crippen molar-refractivity contribution in [1.29, 1.82) is 0 Å². The highest BCUT2D eigenvalue weighted by Crippen LogP contribution is 2.38. The Balaban J connectivity index is 2.16. The molecule has 0 amide bonds. The Morgan fingerprint density at radius 2 is 2.31 bits per heavy atom. The van der Waals surface area contributed by atoms with Gasteiger partial charge < -0.3 is 9.88 Å². The number of thioether (sulfide) groups is 1. The molecule has 0 aliphatic carbocycles. The third-order valence-corrected chi connectivity index (χ3v) is 4.71. The fourth-order valence-electron chi connectivity index (χ4n) is 3.01. The van der Waals surface area contributed by atoms with Crippen LogP contribution in [0.25, 0.3) is 10.9 Å². The number of nitrogens with zero attached hydrogens (tertiary/aromatic N) is 1. The van der Waals surface area contributed by atoms with E-state index in [1.807, 2.05) is 11.8 Å². The number of aromatic nitrogens is 1. The van der Waals surface area contributed by atoms with Crippen molar-refractivity contribution < 1.29 is 0 Å². The number of nitrogens with one attached hydrogen (secondary N) is 1. The molecule has 1 aromatic heterocycles. The van der Waals surface area contributed by atoms with E-state index in [2.05, 4.69) is 28.1 Å². The molecule has 0 spiro atoms. The van der Waals surface area contributed by atoms with Gasteiger partial charge in [0.2, 0.25) is 0 Å². The Labute approximate surface area is 99.0 Å². The molecule has 1 N–H and O–H groups in total. The Morgan fingerprint density at radius 1 is 1.31 bits per heavy atom. The molecule has 0 fully saturated rings. The normalized spacial score (nSPS) is 18.8. The zero-order chi connectivity index (χ0) is 10.5. The van der Waals surface area contributed by atoms with Gasteiger partial charge in [0.15, 0.2) is 0 Å². The summed E-state index contributed by atoms with van der Waals surface area (Å²) >= 11 is 2.00. The van der Waals surface area contributed by atoms with Crippen LogP contribution in [-0.4, -0.2) is 16.9 Å². The van der Waals surface area contributed by atoms with Gasteiger partial charge >= 0.3 is 0 Å². The standard InChI is InChI=1S/C13H14N2S/c1-2-9-10-8-14-5-4-11(10)15-6-7-16-12(3-1)13(9)15/h1-3,14H,4-8H2. The van der Waals surface area contributed by atoms with Crippen LogP contribution in [0, 0.1) is 0 Å². The van der Waals surface area contributed by atoms with E-state index in [9.17, 15) is 0 Å². The highest BCUT2D eigenvalue weighted by Gasteiger charge is 2.23. The topological polar surface area (TPSA) is 17.0 Å². The summed E-state index contributed by atoms with van der Waals surface area (Å²) in [5, 5.41) is 4.97. The van der Waals surface area contributed by atoms with Crippen LogP contribution in [0.15, 0.2) is 23.1 Å². The first-order chi connectivity index (χ1) is 7.95. The van der Waals surface area contributed by atoms with Crippen LogP contribution in [0.4, 0.5) is 0 Å². The van der Waals surface area contributed by atoms with Crippen LogP contribution in [0.2, 0.25) is 0 Å². The Kier molecular flexibility index (Phi) is 1.87. The van der Waals surface area contributed by atoms with Gasteiger partial charge in [-0.15, -0.1) is 11.8 Å². The van der Waals surface area contributed by atoms with Crippen molar-refractivity contribution >= 4 is 22.7 Å². The van der Waals surface area contributed by atoms with Gasteiger partial charge in [-0.3, -0.25) is 0 Å². The molecule has 82 valence electrons. The summed E-state index contributed by atoms with van der Waals surface area (Å²) in [5.74, 6) is 1.22. The maximum Gasteiger partial charge on any atom is 0.0624 e. The minimum atomic E-state index is 1.05. The van der Waals surface area contributed by atoms with Gasteiger partial charge in [0.1, 0.15) is 0 Å². The maximum atomic E-state index is 3.49. The molecule has 0 saturated heterocycles. The number of rotatable bonds is 0. The smallest absolute Gasteiger partial charge is 0.0624 e. The molecular weight excluding hydrogens is 216 g/mol. The zero-order valence-electron chi connectivity index (χ0n) is 9.12. The van der Waals surface area contributed by atoms with E-state index in [0.717, 1.165) is 13.1 Å². The molecule has 2 nitrogen and oxygen atoms in total. The van der Waals surface area contributed by atoms with Crippen molar-refractivity contribution in [2.24, 2.45) is 0 Å². The fourth-order valence-corrected chi connectivity index (χ4v) is 4.04. The predicted octanol–water partition coefficient (Wildman–Crippen LogP) is 2.39. The van der Waals surface area contributed by atoms with Crippen molar-refractivity contribution in [1.82, 2.24) is 9.88 Å². The number of hydrogen-bond donors (Lipinski definition) is 1. The first-order valence-corrected chi connectivity index (χ1v) is 6.90. The second-order valence-electron chi connectivity index (χ2n) is 4.50. The molecule has 3 heterocycles. The Hall–Kier alpha value is -0.930. The van der Waals surface area contributed by atoms with E-state index in [1.165, 1.54) is 34.5 Å². The first kappa shape index (κ1) is 9.14. The van der Waals surface area contributed by atoms with Crippen LogP contribution in [0.1, 0.15) is 11.3 Å². The quantitative estimate of drug-likeness (QED) is 0.748. The van der Waals surface area contributed by atoms with Crippen molar-refractivity contribution in [2.75, 3.05) is 12.3 Å². The second kappa shape index (κ2) is 3.28. The zero-order valence-corrected chi connectivity index (χ0v) is 9.94. The van der Waals surface area contributed by atoms with Crippen LogP contribution in [0.3, 0.4) is 0 Å². The molecular formula is C13H14N2S. The summed E-state index contributed by atoms with van der Waals surface area (Å²) in [7, 11) is 0. The van der Waals surface area contributed by atoms with Crippen molar-refractivity contribution in [3.63, 3.8) is 0 Å². The molecule has 0 atom stereocenters. The number of benzene rings is 1. The lowest BCUT2D eigenvalue weighted by atomic mass is 10.1. The van der Waals surface area contributed by atoms with Crippen molar-refractivity contribution in [2.45, 2.75) is 24.4 Å². The van der Waals surface area contributed by atoms with E-state index in [0.29, 0.717) is 0 Å². The van der Waals surface area contributed by atoms with E-state index >= 15 is 0 Å². The maximum absolute atomic E-state index is 3.49. The average Bonchev–Trinajstić information content (AvgIpc) is 2.68. The first-order valence-electron chi connectivity index (χ1n) is 5.91. The van der Waals surface area contributed by atoms with Gasteiger partial charge in [0.25, 0.3) is 0 Å². The van der Waals surface area contributed by atoms with E-state index in [4.69, 9.17) is 0 Å². The van der Waals surface area contributed by atoms with Crippen molar-refractivity contribution in [3.8, 4) is 0 Å². The molecule has 2 aliphatic heterocycles. The van der Waals surface area contributed by atoms with Gasteiger partial charge in [-0.25, -0.2) is 0 Å². The second-order valence-corrected chi connectivity index (χ2v) is 5.64. The lowest BCUT2D eigenvalue weighted by Gasteiger charge is -2.19. The highest BCUT2D eigenvalue weighted by atomic mass is 32.2. The molecule has 3 heteroatoms. The third kappa shape index (κ3) is 1.08. The summed E-state index contributed by atoms with van der Waals surface area (Å²) in [4.78, 5) is 1.47. The molecule has 0 bridgehead atoms. The molecule has 0 radical (unpaired) electrons. The molecule has 4 rings (SSSR count). The van der Waals surface area contributed by atoms with Crippen LogP contribution >= 0.6 is 11.8 Å². The van der Waals surface area contributed by atoms with E-state index in [-0.39, 0.29) is 0 Å². The van der Waals surface area contributed by atoms with Crippen LogP contribution in [0.5, 0.6) is 0 Å². The lowest BCUT2D eigenvalue weighted by molar-refractivity contribution is 0.606. The SMILES string of the molecule is c1cc2c3c(c1)c1c(n3CCS2)CCNC1. The monoisotopic (exact) mass is 230 g/mol. The molecule has 0 saturated carbocycles. The van der Waals surface area contributed by atoms with Gasteiger partial charge in [0.05, 0.1) is 5.52 Å². The summed E-state index contributed by atoms with van der Waals surface area (Å²) < 4.78 is 2.57. The third-order valence-electron chi connectivity index (χ3n) is 3.68. The Bertz CT molecular complexity index is 571. The minimum Gasteiger partial charge on any atom is -0.342 e. The number of para-hydroxylation sites is 1. The van der Waals surface area contributed by atoms with Gasteiger partial charge in [-0.05, 0) is 11.6 Å². The lowest BCUT2D eigenvalue weighted by Crippen LogP contribution is -2.25. The molecule has 1 aromatic carbocycles. The molecule has 16 heavy (non-hydrogen) atoms. The summed E-state index contributed by atoms with van der Waals surface area (Å²) in [6.45, 7) is 3.37. The fraction of sp³-hybridized carbons (Fsp3) is 0.385. The van der Waals surface area contributed by atoms with E-state index in [1.54, 1.807) is 11.3 Å².